The number of unbranched alkanes of at least 4 members (excludes halogenated alkanes) is 1. The summed E-state index contributed by atoms with van der Waals surface area (Å²) in [7, 11) is -2.11. The molecule has 0 N–H and O–H groups in total. The summed E-state index contributed by atoms with van der Waals surface area (Å²) < 4.78 is 29.2. The lowest BCUT2D eigenvalue weighted by Gasteiger charge is -2.17. The van der Waals surface area contributed by atoms with Gasteiger partial charge in [-0.2, -0.15) is 0 Å². The molecule has 0 heterocycles. The van der Waals surface area contributed by atoms with Gasteiger partial charge in [-0.1, -0.05) is 32.6 Å². The van der Waals surface area contributed by atoms with Gasteiger partial charge in [0.05, 0.1) is 12.9 Å². The number of methoxy groups -OCH3 is 1. The highest BCUT2D eigenvalue weighted by Crippen LogP contribution is 2.28. The second kappa shape index (κ2) is 7.12. The van der Waals surface area contributed by atoms with E-state index in [4.69, 9.17) is 0 Å². The molecule has 18 heavy (non-hydrogen) atoms. The van der Waals surface area contributed by atoms with Crippen LogP contribution < -0.4 is 0 Å². The van der Waals surface area contributed by atoms with Gasteiger partial charge in [0.1, 0.15) is 0 Å². The highest BCUT2D eigenvalue weighted by molar-refractivity contribution is 7.92. The second-order valence-corrected chi connectivity index (χ2v) is 7.36. The standard InChI is InChI=1S/C13H24O4S/c1-3-4-9-12(13(14)17-2)18(15,16)10-11-7-5-6-8-11/h11-12H,3-10H2,1-2H3. The summed E-state index contributed by atoms with van der Waals surface area (Å²) in [4.78, 5) is 11.6. The van der Waals surface area contributed by atoms with Crippen LogP contribution in [-0.4, -0.2) is 32.5 Å². The summed E-state index contributed by atoms with van der Waals surface area (Å²) in [5.74, 6) is -0.207. The molecule has 0 aromatic heterocycles. The van der Waals surface area contributed by atoms with E-state index in [0.717, 1.165) is 38.5 Å². The minimum Gasteiger partial charge on any atom is -0.468 e. The minimum atomic E-state index is -3.36. The number of carbonyl (C=O) groups is 1. The topological polar surface area (TPSA) is 60.4 Å². The summed E-state index contributed by atoms with van der Waals surface area (Å²) in [6.45, 7) is 1.98. The maximum atomic E-state index is 12.3. The molecule has 1 rings (SSSR count). The first kappa shape index (κ1) is 15.5. The number of hydrogen-bond acceptors (Lipinski definition) is 4. The summed E-state index contributed by atoms with van der Waals surface area (Å²) >= 11 is 0. The molecule has 106 valence electrons. The van der Waals surface area contributed by atoms with Crippen molar-refractivity contribution in [1.82, 2.24) is 0 Å². The van der Waals surface area contributed by atoms with Crippen molar-refractivity contribution in [3.05, 3.63) is 0 Å². The maximum absolute atomic E-state index is 12.3. The lowest BCUT2D eigenvalue weighted by molar-refractivity contribution is -0.140. The molecule has 0 bridgehead atoms. The first-order chi connectivity index (χ1) is 8.51. The third kappa shape index (κ3) is 4.26. The lowest BCUT2D eigenvalue weighted by atomic mass is 10.1. The Kier molecular flexibility index (Phi) is 6.12. The summed E-state index contributed by atoms with van der Waals surface area (Å²) in [6, 6.07) is 0. The van der Waals surface area contributed by atoms with Gasteiger partial charge in [-0.05, 0) is 25.2 Å². The van der Waals surface area contributed by atoms with Crippen LogP contribution in [0.3, 0.4) is 0 Å². The largest absolute Gasteiger partial charge is 0.468 e. The van der Waals surface area contributed by atoms with Crippen molar-refractivity contribution >= 4 is 15.8 Å². The van der Waals surface area contributed by atoms with Crippen LogP contribution in [0.5, 0.6) is 0 Å². The van der Waals surface area contributed by atoms with Gasteiger partial charge in [-0.15, -0.1) is 0 Å². The SMILES string of the molecule is CCCCC(C(=O)OC)S(=O)(=O)CC1CCCC1. The zero-order valence-corrected chi connectivity index (χ0v) is 12.2. The molecule has 0 saturated heterocycles. The smallest absolute Gasteiger partial charge is 0.324 e. The maximum Gasteiger partial charge on any atom is 0.324 e. The van der Waals surface area contributed by atoms with Crippen molar-refractivity contribution < 1.29 is 17.9 Å². The lowest BCUT2D eigenvalue weighted by Crippen LogP contribution is -2.35. The number of esters is 1. The average Bonchev–Trinajstić information content (AvgIpc) is 2.80. The number of carbonyl (C=O) groups excluding carboxylic acids is 1. The van der Waals surface area contributed by atoms with Crippen LogP contribution in [-0.2, 0) is 19.4 Å². The molecular weight excluding hydrogens is 252 g/mol. The number of ether oxygens (including phenoxy) is 1. The molecule has 1 aliphatic rings. The van der Waals surface area contributed by atoms with Crippen molar-refractivity contribution in [2.75, 3.05) is 12.9 Å². The van der Waals surface area contributed by atoms with Crippen LogP contribution in [0.1, 0.15) is 51.9 Å². The minimum absolute atomic E-state index is 0.149. The van der Waals surface area contributed by atoms with Gasteiger partial charge in [0.25, 0.3) is 0 Å². The molecule has 1 unspecified atom stereocenters. The van der Waals surface area contributed by atoms with E-state index < -0.39 is 21.1 Å². The number of hydrogen-bond donors (Lipinski definition) is 0. The van der Waals surface area contributed by atoms with Crippen LogP contribution >= 0.6 is 0 Å². The number of rotatable bonds is 7. The zero-order valence-electron chi connectivity index (χ0n) is 11.4. The molecule has 0 aromatic rings. The molecule has 0 aliphatic heterocycles. The van der Waals surface area contributed by atoms with Crippen molar-refractivity contribution in [2.24, 2.45) is 5.92 Å². The monoisotopic (exact) mass is 276 g/mol. The summed E-state index contributed by atoms with van der Waals surface area (Å²) in [5.41, 5.74) is 0. The van der Waals surface area contributed by atoms with E-state index in [0.29, 0.717) is 6.42 Å². The van der Waals surface area contributed by atoms with Gasteiger partial charge < -0.3 is 4.74 Å². The van der Waals surface area contributed by atoms with Crippen molar-refractivity contribution in [3.63, 3.8) is 0 Å². The molecule has 5 heteroatoms. The van der Waals surface area contributed by atoms with E-state index in [1.165, 1.54) is 7.11 Å². The fourth-order valence-corrected chi connectivity index (χ4v) is 4.72. The Hall–Kier alpha value is -0.580. The molecule has 0 radical (unpaired) electrons. The third-order valence-electron chi connectivity index (χ3n) is 3.66. The Morgan fingerprint density at radius 1 is 1.33 bits per heavy atom. The molecule has 1 fully saturated rings. The van der Waals surface area contributed by atoms with Crippen molar-refractivity contribution in [1.29, 1.82) is 0 Å². The molecule has 0 aromatic carbocycles. The van der Waals surface area contributed by atoms with Gasteiger partial charge in [0.15, 0.2) is 15.1 Å². The second-order valence-electron chi connectivity index (χ2n) is 5.13. The van der Waals surface area contributed by atoms with E-state index in [1.54, 1.807) is 0 Å². The van der Waals surface area contributed by atoms with E-state index in [1.807, 2.05) is 6.92 Å². The summed E-state index contributed by atoms with van der Waals surface area (Å²) in [5, 5.41) is -0.956. The van der Waals surface area contributed by atoms with E-state index >= 15 is 0 Å². The van der Waals surface area contributed by atoms with Crippen LogP contribution in [0.2, 0.25) is 0 Å². The Balaban J connectivity index is 2.71. The highest BCUT2D eigenvalue weighted by Gasteiger charge is 2.35. The fraction of sp³-hybridized carbons (Fsp3) is 0.923. The molecule has 1 atom stereocenters. The average molecular weight is 276 g/mol. The zero-order chi connectivity index (χ0) is 13.6. The van der Waals surface area contributed by atoms with Gasteiger partial charge in [-0.25, -0.2) is 8.42 Å². The van der Waals surface area contributed by atoms with Crippen molar-refractivity contribution in [2.45, 2.75) is 57.1 Å². The fourth-order valence-electron chi connectivity index (χ4n) is 2.59. The van der Waals surface area contributed by atoms with Crippen molar-refractivity contribution in [3.8, 4) is 0 Å². The molecule has 0 spiro atoms. The van der Waals surface area contributed by atoms with Gasteiger partial charge in [-0.3, -0.25) is 4.79 Å². The third-order valence-corrected chi connectivity index (χ3v) is 5.89. The number of sulfone groups is 1. The molecule has 1 saturated carbocycles. The van der Waals surface area contributed by atoms with Gasteiger partial charge in [0, 0.05) is 0 Å². The molecule has 4 nitrogen and oxygen atoms in total. The van der Waals surface area contributed by atoms with Crippen LogP contribution in [0.4, 0.5) is 0 Å². The normalized spacial score (nSPS) is 18.8. The Bertz CT molecular complexity index is 355. The molecular formula is C13H24O4S. The van der Waals surface area contributed by atoms with E-state index in [-0.39, 0.29) is 11.7 Å². The highest BCUT2D eigenvalue weighted by atomic mass is 32.2. The van der Waals surface area contributed by atoms with E-state index in [9.17, 15) is 13.2 Å². The van der Waals surface area contributed by atoms with Gasteiger partial charge >= 0.3 is 5.97 Å². The molecule has 1 aliphatic carbocycles. The Morgan fingerprint density at radius 2 is 1.94 bits per heavy atom. The Labute approximate surface area is 110 Å². The predicted octanol–water partition coefficient (Wildman–Crippen LogP) is 2.32. The van der Waals surface area contributed by atoms with E-state index in [2.05, 4.69) is 4.74 Å². The first-order valence-electron chi connectivity index (χ1n) is 6.80. The van der Waals surface area contributed by atoms with Crippen LogP contribution in [0, 0.1) is 5.92 Å². The summed E-state index contributed by atoms with van der Waals surface area (Å²) in [6.07, 6.45) is 6.17. The van der Waals surface area contributed by atoms with Gasteiger partial charge in [0.2, 0.25) is 0 Å². The quantitative estimate of drug-likeness (QED) is 0.670. The Morgan fingerprint density at radius 3 is 2.44 bits per heavy atom. The van der Waals surface area contributed by atoms with Crippen LogP contribution in [0.25, 0.3) is 0 Å². The van der Waals surface area contributed by atoms with Crippen LogP contribution in [0.15, 0.2) is 0 Å². The molecule has 0 amide bonds. The predicted molar refractivity (Wildman–Crippen MR) is 71.1 cm³/mol. The first-order valence-corrected chi connectivity index (χ1v) is 8.52.